The van der Waals surface area contributed by atoms with E-state index in [1.165, 1.54) is 26.4 Å². The van der Waals surface area contributed by atoms with Gasteiger partial charge in [-0.3, -0.25) is 0 Å². The highest BCUT2D eigenvalue weighted by atomic mass is 32.2. The number of aryl methyl sites for hydroxylation is 1. The third-order valence-electron chi connectivity index (χ3n) is 4.54. The normalized spacial score (nSPS) is 19.5. The molecule has 6 nitrogen and oxygen atoms in total. The molecule has 1 aliphatic rings. The third kappa shape index (κ3) is 3.35. The Bertz CT molecular complexity index is 881. The number of ether oxygens (including phenoxy) is 2. The van der Waals surface area contributed by atoms with E-state index in [9.17, 15) is 13.5 Å². The van der Waals surface area contributed by atoms with Crippen molar-refractivity contribution in [2.75, 3.05) is 20.8 Å². The summed E-state index contributed by atoms with van der Waals surface area (Å²) in [4.78, 5) is -0.0239. The van der Waals surface area contributed by atoms with E-state index >= 15 is 0 Å². The molecule has 0 saturated carbocycles. The highest BCUT2D eigenvalue weighted by Gasteiger charge is 2.37. The lowest BCUT2D eigenvalue weighted by Crippen LogP contribution is -2.39. The van der Waals surface area contributed by atoms with Gasteiger partial charge in [0.1, 0.15) is 22.0 Å². The van der Waals surface area contributed by atoms with Crippen molar-refractivity contribution in [3.63, 3.8) is 0 Å². The second-order valence-electron chi connectivity index (χ2n) is 6.03. The number of rotatable bonds is 6. The van der Waals surface area contributed by atoms with E-state index in [4.69, 9.17) is 9.47 Å². The van der Waals surface area contributed by atoms with Gasteiger partial charge in [0.05, 0.1) is 14.2 Å². The molecule has 2 aromatic rings. The van der Waals surface area contributed by atoms with Gasteiger partial charge in [-0.1, -0.05) is 24.3 Å². The number of methoxy groups -OCH3 is 2. The summed E-state index contributed by atoms with van der Waals surface area (Å²) >= 11 is 0. The summed E-state index contributed by atoms with van der Waals surface area (Å²) in [6, 6.07) is 12.1. The predicted molar refractivity (Wildman–Crippen MR) is 93.4 cm³/mol. The molecule has 0 saturated heterocycles. The number of aliphatic hydroxyl groups is 1. The van der Waals surface area contributed by atoms with E-state index in [1.807, 2.05) is 24.3 Å². The summed E-state index contributed by atoms with van der Waals surface area (Å²) in [6.45, 7) is -0.104. The van der Waals surface area contributed by atoms with E-state index in [-0.39, 0.29) is 17.2 Å². The van der Waals surface area contributed by atoms with Gasteiger partial charge in [0.15, 0.2) is 0 Å². The van der Waals surface area contributed by atoms with Gasteiger partial charge in [-0.2, -0.15) is 0 Å². The SMILES string of the molecule is COc1ccc(OC)c(S(=O)(=O)NC[C@]2(O)CCc3ccccc32)c1. The highest BCUT2D eigenvalue weighted by molar-refractivity contribution is 7.89. The van der Waals surface area contributed by atoms with Crippen LogP contribution in [0.2, 0.25) is 0 Å². The Morgan fingerprint density at radius 3 is 2.64 bits per heavy atom. The van der Waals surface area contributed by atoms with E-state index in [2.05, 4.69) is 4.72 Å². The molecule has 134 valence electrons. The fraction of sp³-hybridized carbons (Fsp3) is 0.333. The van der Waals surface area contributed by atoms with E-state index in [0.29, 0.717) is 12.2 Å². The largest absolute Gasteiger partial charge is 0.497 e. The van der Waals surface area contributed by atoms with Crippen LogP contribution in [0.5, 0.6) is 11.5 Å². The van der Waals surface area contributed by atoms with Crippen LogP contribution in [0.3, 0.4) is 0 Å². The van der Waals surface area contributed by atoms with Gasteiger partial charge in [-0.15, -0.1) is 0 Å². The minimum atomic E-state index is -3.88. The molecule has 0 unspecified atom stereocenters. The van der Waals surface area contributed by atoms with Gasteiger partial charge in [0.2, 0.25) is 10.0 Å². The number of nitrogens with one attached hydrogen (secondary N) is 1. The van der Waals surface area contributed by atoms with Crippen LogP contribution in [0.4, 0.5) is 0 Å². The van der Waals surface area contributed by atoms with E-state index in [1.54, 1.807) is 6.07 Å². The van der Waals surface area contributed by atoms with Crippen LogP contribution in [0.1, 0.15) is 17.5 Å². The van der Waals surface area contributed by atoms with Gasteiger partial charge in [-0.25, -0.2) is 13.1 Å². The molecule has 0 amide bonds. The van der Waals surface area contributed by atoms with Crippen molar-refractivity contribution in [1.82, 2.24) is 4.72 Å². The molecule has 2 N–H and O–H groups in total. The predicted octanol–water partition coefficient (Wildman–Crippen LogP) is 1.82. The van der Waals surface area contributed by atoms with Crippen molar-refractivity contribution in [3.8, 4) is 11.5 Å². The Balaban J connectivity index is 1.86. The minimum Gasteiger partial charge on any atom is -0.497 e. The van der Waals surface area contributed by atoms with Crippen LogP contribution in [-0.2, 0) is 22.0 Å². The summed E-state index contributed by atoms with van der Waals surface area (Å²) < 4.78 is 38.2. The van der Waals surface area contributed by atoms with Gasteiger partial charge in [0, 0.05) is 12.6 Å². The lowest BCUT2D eigenvalue weighted by Gasteiger charge is -2.24. The lowest BCUT2D eigenvalue weighted by atomic mass is 9.96. The summed E-state index contributed by atoms with van der Waals surface area (Å²) in [5.74, 6) is 0.623. The Hall–Kier alpha value is -2.09. The van der Waals surface area contributed by atoms with Crippen molar-refractivity contribution in [1.29, 1.82) is 0 Å². The maximum atomic E-state index is 12.7. The molecule has 7 heteroatoms. The number of benzene rings is 2. The van der Waals surface area contributed by atoms with Gasteiger partial charge in [0.25, 0.3) is 0 Å². The number of fused-ring (bicyclic) bond motifs is 1. The molecule has 25 heavy (non-hydrogen) atoms. The third-order valence-corrected chi connectivity index (χ3v) is 5.96. The highest BCUT2D eigenvalue weighted by Crippen LogP contribution is 2.37. The average Bonchev–Trinajstić information content (AvgIpc) is 2.97. The molecule has 1 atom stereocenters. The second-order valence-corrected chi connectivity index (χ2v) is 7.77. The zero-order valence-electron chi connectivity index (χ0n) is 14.2. The number of hydrogen-bond acceptors (Lipinski definition) is 5. The van der Waals surface area contributed by atoms with Crippen LogP contribution < -0.4 is 14.2 Å². The molecule has 0 aromatic heterocycles. The Morgan fingerprint density at radius 1 is 1.16 bits per heavy atom. The topological polar surface area (TPSA) is 84.9 Å². The molecule has 0 spiro atoms. The first kappa shape index (κ1) is 17.7. The van der Waals surface area contributed by atoms with Gasteiger partial charge < -0.3 is 14.6 Å². The molecular formula is C18H21NO5S. The number of sulfonamides is 1. The zero-order chi connectivity index (χ0) is 18.1. The zero-order valence-corrected chi connectivity index (χ0v) is 15.0. The molecule has 2 aromatic carbocycles. The average molecular weight is 363 g/mol. The van der Waals surface area contributed by atoms with Crippen molar-refractivity contribution < 1.29 is 23.0 Å². The van der Waals surface area contributed by atoms with Crippen LogP contribution in [-0.4, -0.2) is 34.3 Å². The standard InChI is InChI=1S/C18H21NO5S/c1-23-14-7-8-16(24-2)17(11-14)25(21,22)19-12-18(20)10-9-13-5-3-4-6-15(13)18/h3-8,11,19-20H,9-10,12H2,1-2H3/t18-/m1/s1. The Labute approximate surface area is 147 Å². The summed E-state index contributed by atoms with van der Waals surface area (Å²) in [6.07, 6.45) is 1.20. The monoisotopic (exact) mass is 363 g/mol. The Morgan fingerprint density at radius 2 is 1.92 bits per heavy atom. The maximum Gasteiger partial charge on any atom is 0.244 e. The quantitative estimate of drug-likeness (QED) is 0.818. The summed E-state index contributed by atoms with van der Waals surface area (Å²) in [7, 11) is -1.01. The van der Waals surface area contributed by atoms with Crippen molar-refractivity contribution >= 4 is 10.0 Å². The fourth-order valence-corrected chi connectivity index (χ4v) is 4.41. The first-order valence-electron chi connectivity index (χ1n) is 7.92. The van der Waals surface area contributed by atoms with Crippen molar-refractivity contribution in [2.45, 2.75) is 23.3 Å². The molecule has 0 aliphatic heterocycles. The van der Waals surface area contributed by atoms with E-state index in [0.717, 1.165) is 17.5 Å². The molecule has 3 rings (SSSR count). The van der Waals surface area contributed by atoms with Crippen LogP contribution >= 0.6 is 0 Å². The maximum absolute atomic E-state index is 12.7. The Kier molecular flexibility index (Phi) is 4.73. The fourth-order valence-electron chi connectivity index (χ4n) is 3.14. The van der Waals surface area contributed by atoms with Crippen LogP contribution in [0.25, 0.3) is 0 Å². The molecule has 0 radical (unpaired) electrons. The second kappa shape index (κ2) is 6.67. The molecule has 0 heterocycles. The van der Waals surface area contributed by atoms with Crippen molar-refractivity contribution in [2.24, 2.45) is 0 Å². The van der Waals surface area contributed by atoms with Crippen LogP contribution in [0, 0.1) is 0 Å². The molecular weight excluding hydrogens is 342 g/mol. The lowest BCUT2D eigenvalue weighted by molar-refractivity contribution is 0.0442. The first-order valence-corrected chi connectivity index (χ1v) is 9.40. The van der Waals surface area contributed by atoms with E-state index < -0.39 is 15.6 Å². The summed E-state index contributed by atoms with van der Waals surface area (Å²) in [5.41, 5.74) is 0.605. The van der Waals surface area contributed by atoms with Gasteiger partial charge in [-0.05, 0) is 36.1 Å². The van der Waals surface area contributed by atoms with Gasteiger partial charge >= 0.3 is 0 Å². The first-order chi connectivity index (χ1) is 11.9. The van der Waals surface area contributed by atoms with Crippen molar-refractivity contribution in [3.05, 3.63) is 53.6 Å². The number of hydrogen-bond donors (Lipinski definition) is 2. The smallest absolute Gasteiger partial charge is 0.244 e. The van der Waals surface area contributed by atoms with Crippen LogP contribution in [0.15, 0.2) is 47.4 Å². The summed E-state index contributed by atoms with van der Waals surface area (Å²) in [5, 5.41) is 10.9. The minimum absolute atomic E-state index is 0.0239. The molecule has 1 aliphatic carbocycles. The molecule has 0 fully saturated rings. The molecule has 0 bridgehead atoms.